The van der Waals surface area contributed by atoms with E-state index in [0.29, 0.717) is 23.6 Å². The average molecular weight is 392 g/mol. The third-order valence-electron chi connectivity index (χ3n) is 3.53. The van der Waals surface area contributed by atoms with Gasteiger partial charge in [-0.15, -0.1) is 0 Å². The van der Waals surface area contributed by atoms with Crippen molar-refractivity contribution in [3.63, 3.8) is 0 Å². The number of hydrogen-bond acceptors (Lipinski definition) is 8. The summed E-state index contributed by atoms with van der Waals surface area (Å²) < 4.78 is 0. The van der Waals surface area contributed by atoms with Gasteiger partial charge < -0.3 is 15.7 Å². The van der Waals surface area contributed by atoms with Gasteiger partial charge >= 0.3 is 0 Å². The molecule has 2 aromatic heterocycles. The number of hydrogen-bond donors (Lipinski definition) is 2. The number of carbonyl (C=O) groups is 1. The molecule has 2 heterocycles. The van der Waals surface area contributed by atoms with Crippen LogP contribution in [-0.4, -0.2) is 38.0 Å². The van der Waals surface area contributed by atoms with Crippen molar-refractivity contribution in [2.45, 2.75) is 31.8 Å². The van der Waals surface area contributed by atoms with Gasteiger partial charge in [0.15, 0.2) is 0 Å². The largest absolute Gasteiger partial charge is 0.396 e. The highest BCUT2D eigenvalue weighted by Crippen LogP contribution is 2.39. The van der Waals surface area contributed by atoms with Gasteiger partial charge in [-0.1, -0.05) is 16.9 Å². The molecule has 0 fully saturated rings. The normalized spacial score (nSPS) is 11.8. The summed E-state index contributed by atoms with van der Waals surface area (Å²) >= 11 is 0. The van der Waals surface area contributed by atoms with Crippen LogP contribution in [0.2, 0.25) is 0 Å². The van der Waals surface area contributed by atoms with E-state index in [4.69, 9.17) is 5.73 Å². The van der Waals surface area contributed by atoms with Gasteiger partial charge in [-0.3, -0.25) is 4.79 Å². The molecule has 138 valence electrons. The van der Waals surface area contributed by atoms with Crippen LogP contribution in [0.25, 0.3) is 0 Å². The summed E-state index contributed by atoms with van der Waals surface area (Å²) in [6.45, 7) is 3.86. The quantitative estimate of drug-likeness (QED) is 0.496. The third-order valence-corrected chi connectivity index (χ3v) is 6.09. The van der Waals surface area contributed by atoms with E-state index < -0.39 is 0 Å². The van der Waals surface area contributed by atoms with Crippen LogP contribution in [0, 0.1) is 6.92 Å². The first kappa shape index (κ1) is 20.2. The van der Waals surface area contributed by atoms with Gasteiger partial charge in [-0.05, 0) is 36.8 Å². The predicted octanol–water partition coefficient (Wildman–Crippen LogP) is 2.78. The second kappa shape index (κ2) is 10.1. The van der Waals surface area contributed by atoms with Crippen molar-refractivity contribution >= 4 is 33.8 Å². The van der Waals surface area contributed by atoms with Gasteiger partial charge in [0.25, 0.3) is 0 Å². The molecule has 0 saturated heterocycles. The number of allylic oxidation sites excluding steroid dienone is 1. The number of nitrogens with zero attached hydrogens (tertiary/aromatic N) is 4. The van der Waals surface area contributed by atoms with Crippen molar-refractivity contribution in [3.8, 4) is 0 Å². The first-order valence-corrected chi connectivity index (χ1v) is 10.1. The molecular formula is C17H21N5O2S2. The van der Waals surface area contributed by atoms with Gasteiger partial charge in [0, 0.05) is 41.6 Å². The highest BCUT2D eigenvalue weighted by Gasteiger charge is 2.14. The SMILES string of the molecule is C/C(=C(\CCO)SSc1ccccn1)N(C=O)Cc1cnc(C)nc1N. The molecular weight excluding hydrogens is 370 g/mol. The molecule has 9 heteroatoms. The lowest BCUT2D eigenvalue weighted by Crippen LogP contribution is -2.21. The molecule has 0 aromatic carbocycles. The van der Waals surface area contributed by atoms with Gasteiger partial charge in [0.05, 0.1) is 6.54 Å². The number of rotatable bonds is 9. The molecule has 0 atom stereocenters. The summed E-state index contributed by atoms with van der Waals surface area (Å²) in [6.07, 6.45) is 4.55. The van der Waals surface area contributed by atoms with Crippen LogP contribution in [0.15, 0.2) is 46.2 Å². The Morgan fingerprint density at radius 3 is 2.81 bits per heavy atom. The minimum atomic E-state index is -0.00900. The minimum Gasteiger partial charge on any atom is -0.396 e. The zero-order valence-electron chi connectivity index (χ0n) is 14.6. The number of aliphatic hydroxyl groups is 1. The van der Waals surface area contributed by atoms with Crippen LogP contribution in [0.3, 0.4) is 0 Å². The van der Waals surface area contributed by atoms with Gasteiger partial charge in [0.1, 0.15) is 16.7 Å². The van der Waals surface area contributed by atoms with E-state index in [0.717, 1.165) is 22.0 Å². The number of pyridine rings is 1. The van der Waals surface area contributed by atoms with Crippen molar-refractivity contribution < 1.29 is 9.90 Å². The van der Waals surface area contributed by atoms with Gasteiger partial charge in [-0.25, -0.2) is 15.0 Å². The summed E-state index contributed by atoms with van der Waals surface area (Å²) in [5.41, 5.74) is 7.35. The number of aliphatic hydroxyl groups excluding tert-OH is 1. The van der Waals surface area contributed by atoms with E-state index in [1.165, 1.54) is 21.6 Å². The van der Waals surface area contributed by atoms with E-state index >= 15 is 0 Å². The van der Waals surface area contributed by atoms with Crippen LogP contribution in [0.1, 0.15) is 24.7 Å². The average Bonchev–Trinajstić information content (AvgIpc) is 2.65. The first-order chi connectivity index (χ1) is 12.5. The Kier molecular flexibility index (Phi) is 7.89. The van der Waals surface area contributed by atoms with E-state index in [1.807, 2.05) is 25.1 Å². The van der Waals surface area contributed by atoms with Crippen molar-refractivity contribution in [3.05, 3.63) is 52.6 Å². The number of nitrogens with two attached hydrogens (primary N) is 1. The lowest BCUT2D eigenvalue weighted by Gasteiger charge is -2.22. The Labute approximate surface area is 160 Å². The summed E-state index contributed by atoms with van der Waals surface area (Å²) in [5.74, 6) is 0.941. The molecule has 0 saturated carbocycles. The predicted molar refractivity (Wildman–Crippen MR) is 105 cm³/mol. The Morgan fingerprint density at radius 2 is 2.19 bits per heavy atom. The zero-order valence-corrected chi connectivity index (χ0v) is 16.3. The molecule has 2 aromatic rings. The number of aromatic nitrogens is 3. The fourth-order valence-corrected chi connectivity index (χ4v) is 4.39. The van der Waals surface area contributed by atoms with Crippen LogP contribution in [0.5, 0.6) is 0 Å². The topological polar surface area (TPSA) is 105 Å². The highest BCUT2D eigenvalue weighted by molar-refractivity contribution is 8.78. The summed E-state index contributed by atoms with van der Waals surface area (Å²) in [7, 11) is 2.96. The third kappa shape index (κ3) is 5.72. The number of amides is 1. The van der Waals surface area contributed by atoms with Crippen molar-refractivity contribution in [2.75, 3.05) is 12.3 Å². The zero-order chi connectivity index (χ0) is 18.9. The number of anilines is 1. The van der Waals surface area contributed by atoms with E-state index in [2.05, 4.69) is 15.0 Å². The highest BCUT2D eigenvalue weighted by atomic mass is 33.1. The van der Waals surface area contributed by atoms with Crippen molar-refractivity contribution in [1.29, 1.82) is 0 Å². The summed E-state index contributed by atoms with van der Waals surface area (Å²) in [6, 6.07) is 5.67. The molecule has 0 aliphatic heterocycles. The number of carbonyl (C=O) groups excluding carboxylic acids is 1. The summed E-state index contributed by atoms with van der Waals surface area (Å²) in [4.78, 5) is 26.6. The molecule has 3 N–H and O–H groups in total. The Hall–Kier alpha value is -2.10. The molecule has 26 heavy (non-hydrogen) atoms. The van der Waals surface area contributed by atoms with E-state index in [9.17, 15) is 9.90 Å². The first-order valence-electron chi connectivity index (χ1n) is 7.91. The fourth-order valence-electron chi connectivity index (χ4n) is 2.09. The molecule has 2 rings (SSSR count). The van der Waals surface area contributed by atoms with Crippen molar-refractivity contribution in [2.24, 2.45) is 0 Å². The Bertz CT molecular complexity index is 771. The number of nitrogen functional groups attached to an aromatic ring is 1. The second-order valence-electron chi connectivity index (χ2n) is 5.38. The molecule has 0 radical (unpaired) electrons. The van der Waals surface area contributed by atoms with Crippen LogP contribution in [-0.2, 0) is 11.3 Å². The smallest absolute Gasteiger partial charge is 0.214 e. The maximum Gasteiger partial charge on any atom is 0.214 e. The lowest BCUT2D eigenvalue weighted by molar-refractivity contribution is -0.116. The van der Waals surface area contributed by atoms with Crippen molar-refractivity contribution in [1.82, 2.24) is 19.9 Å². The summed E-state index contributed by atoms with van der Waals surface area (Å²) in [5, 5.41) is 10.2. The molecule has 0 bridgehead atoms. The lowest BCUT2D eigenvalue weighted by atomic mass is 10.2. The molecule has 1 amide bonds. The Morgan fingerprint density at radius 1 is 1.38 bits per heavy atom. The van der Waals surface area contributed by atoms with Crippen LogP contribution < -0.4 is 5.73 Å². The van der Waals surface area contributed by atoms with Gasteiger partial charge in [0.2, 0.25) is 6.41 Å². The van der Waals surface area contributed by atoms with Crippen LogP contribution >= 0.6 is 21.6 Å². The molecule has 0 aliphatic rings. The minimum absolute atomic E-state index is 0.00900. The molecule has 0 unspecified atom stereocenters. The maximum absolute atomic E-state index is 11.6. The molecule has 0 aliphatic carbocycles. The van der Waals surface area contributed by atoms with Crippen LogP contribution in [0.4, 0.5) is 5.82 Å². The Balaban J connectivity index is 2.18. The molecule has 0 spiro atoms. The van der Waals surface area contributed by atoms with E-state index in [-0.39, 0.29) is 13.2 Å². The van der Waals surface area contributed by atoms with Gasteiger partial charge in [-0.2, -0.15) is 0 Å². The monoisotopic (exact) mass is 391 g/mol. The number of aryl methyl sites for hydroxylation is 1. The fraction of sp³-hybridized carbons (Fsp3) is 0.294. The second-order valence-corrected chi connectivity index (χ2v) is 7.62. The maximum atomic E-state index is 11.6. The molecule has 7 nitrogen and oxygen atoms in total. The van der Waals surface area contributed by atoms with E-state index in [1.54, 1.807) is 24.2 Å². The standard InChI is InChI=1S/C17H21N5O2S2/c1-12(15(6-8-23)25-26-16-5-3-4-7-19-16)22(11-24)10-14-9-20-13(2)21-17(14)18/h3-5,7,9,11,23H,6,8,10H2,1-2H3,(H2,18,20,21)/b15-12-.